The molecule has 6 nitrogen and oxygen atoms in total. The Morgan fingerprint density at radius 2 is 1.73 bits per heavy atom. The molecule has 3 aromatic rings. The average Bonchev–Trinajstić information content (AvgIpc) is 3.10. The summed E-state index contributed by atoms with van der Waals surface area (Å²) in [7, 11) is 0. The zero-order chi connectivity index (χ0) is 21.5. The van der Waals surface area contributed by atoms with Gasteiger partial charge in [-0.2, -0.15) is 0 Å². The van der Waals surface area contributed by atoms with E-state index in [9.17, 15) is 9.59 Å². The van der Waals surface area contributed by atoms with Crippen molar-refractivity contribution in [3.05, 3.63) is 65.5 Å². The number of likely N-dealkylation sites (N-methyl/N-ethyl adjacent to an activating group) is 1. The molecule has 0 aliphatic heterocycles. The first-order valence-electron chi connectivity index (χ1n) is 10.6. The maximum atomic E-state index is 12.7. The molecule has 1 aromatic heterocycles. The summed E-state index contributed by atoms with van der Waals surface area (Å²) in [6.07, 6.45) is 1.44. The second-order valence-electron chi connectivity index (χ2n) is 7.39. The molecule has 158 valence electrons. The molecule has 0 unspecified atom stereocenters. The maximum Gasteiger partial charge on any atom is 0.251 e. The van der Waals surface area contributed by atoms with E-state index in [1.54, 1.807) is 0 Å². The summed E-state index contributed by atoms with van der Waals surface area (Å²) in [6, 6.07) is 15.4. The highest BCUT2D eigenvalue weighted by Gasteiger charge is 2.16. The highest BCUT2D eigenvalue weighted by molar-refractivity contribution is 5.94. The highest BCUT2D eigenvalue weighted by atomic mass is 16.2. The van der Waals surface area contributed by atoms with Gasteiger partial charge in [-0.1, -0.05) is 29.8 Å². The Kier molecular flexibility index (Phi) is 7.22. The first-order valence-corrected chi connectivity index (χ1v) is 10.6. The lowest BCUT2D eigenvalue weighted by atomic mass is 10.1. The fourth-order valence-corrected chi connectivity index (χ4v) is 3.56. The summed E-state index contributed by atoms with van der Waals surface area (Å²) in [5.41, 5.74) is 3.66. The lowest BCUT2D eigenvalue weighted by Gasteiger charge is -2.20. The summed E-state index contributed by atoms with van der Waals surface area (Å²) in [6.45, 7) is 8.21. The molecule has 0 spiro atoms. The number of nitrogens with zero attached hydrogens (tertiary/aromatic N) is 3. The molecule has 0 aliphatic rings. The van der Waals surface area contributed by atoms with E-state index in [1.807, 2.05) is 78.8 Å². The summed E-state index contributed by atoms with van der Waals surface area (Å²) in [4.78, 5) is 31.5. The number of para-hydroxylation sites is 2. The smallest absolute Gasteiger partial charge is 0.251 e. The van der Waals surface area contributed by atoms with Crippen LogP contribution in [0.1, 0.15) is 42.0 Å². The van der Waals surface area contributed by atoms with Gasteiger partial charge in [0, 0.05) is 31.6 Å². The minimum atomic E-state index is -0.0692. The third-order valence-electron chi connectivity index (χ3n) is 5.32. The first-order chi connectivity index (χ1) is 14.5. The van der Waals surface area contributed by atoms with Gasteiger partial charge in [0.1, 0.15) is 12.4 Å². The molecule has 6 heteroatoms. The molecule has 3 rings (SSSR count). The van der Waals surface area contributed by atoms with Crippen LogP contribution in [0.2, 0.25) is 0 Å². The number of hydrogen-bond acceptors (Lipinski definition) is 3. The van der Waals surface area contributed by atoms with E-state index >= 15 is 0 Å². The number of carbonyl (C=O) groups is 2. The van der Waals surface area contributed by atoms with Gasteiger partial charge in [-0.25, -0.2) is 4.98 Å². The van der Waals surface area contributed by atoms with Gasteiger partial charge in [-0.05, 0) is 51.5 Å². The molecule has 2 amide bonds. The van der Waals surface area contributed by atoms with Crippen LogP contribution in [0, 0.1) is 6.92 Å². The predicted octanol–water partition coefficient (Wildman–Crippen LogP) is 3.58. The molecule has 1 heterocycles. The molecule has 1 N–H and O–H groups in total. The van der Waals surface area contributed by atoms with E-state index in [2.05, 4.69) is 5.32 Å². The molecular weight excluding hydrogens is 376 g/mol. The van der Waals surface area contributed by atoms with Crippen molar-refractivity contribution in [2.75, 3.05) is 19.6 Å². The summed E-state index contributed by atoms with van der Waals surface area (Å²) in [5.74, 6) is 0.901. The molecule has 30 heavy (non-hydrogen) atoms. The number of hydrogen-bond donors (Lipinski definition) is 1. The van der Waals surface area contributed by atoms with Crippen LogP contribution in [0.15, 0.2) is 48.5 Å². The fourth-order valence-electron chi connectivity index (χ4n) is 3.56. The fraction of sp³-hybridized carbons (Fsp3) is 0.375. The molecule has 0 aliphatic carbocycles. The SMILES string of the molecule is CCN(CC)C(=O)Cn1c(CCCNC(=O)c2ccc(C)cc2)nc2ccccc21. The lowest BCUT2D eigenvalue weighted by molar-refractivity contribution is -0.131. The number of amides is 2. The standard InChI is InChI=1S/C24H30N4O2/c1-4-27(5-2)23(29)17-28-21-10-7-6-9-20(21)26-22(28)11-8-16-25-24(30)19-14-12-18(3)13-15-19/h6-7,9-10,12-15H,4-5,8,11,16-17H2,1-3H3,(H,25,30). The largest absolute Gasteiger partial charge is 0.352 e. The van der Waals surface area contributed by atoms with Gasteiger partial charge in [0.25, 0.3) is 5.91 Å². The topological polar surface area (TPSA) is 67.2 Å². The van der Waals surface area contributed by atoms with Gasteiger partial charge in [0.15, 0.2) is 0 Å². The molecule has 0 saturated carbocycles. The molecule has 0 atom stereocenters. The van der Waals surface area contributed by atoms with Crippen LogP contribution in [-0.2, 0) is 17.8 Å². The zero-order valence-corrected chi connectivity index (χ0v) is 18.0. The molecule has 0 saturated heterocycles. The number of imidazole rings is 1. The number of fused-ring (bicyclic) bond motifs is 1. The summed E-state index contributed by atoms with van der Waals surface area (Å²) < 4.78 is 2.01. The van der Waals surface area contributed by atoms with Crippen molar-refractivity contribution in [3.63, 3.8) is 0 Å². The Bertz CT molecular complexity index is 1000. The second kappa shape index (κ2) is 10.1. The minimum absolute atomic E-state index is 0.0692. The van der Waals surface area contributed by atoms with E-state index in [0.29, 0.717) is 31.6 Å². The van der Waals surface area contributed by atoms with Crippen LogP contribution < -0.4 is 5.32 Å². The van der Waals surface area contributed by atoms with Gasteiger partial charge in [-0.15, -0.1) is 0 Å². The number of aryl methyl sites for hydroxylation is 2. The van der Waals surface area contributed by atoms with Crippen LogP contribution >= 0.6 is 0 Å². The van der Waals surface area contributed by atoms with Crippen molar-refractivity contribution in [2.24, 2.45) is 0 Å². The van der Waals surface area contributed by atoms with E-state index in [-0.39, 0.29) is 18.4 Å². The van der Waals surface area contributed by atoms with Gasteiger partial charge < -0.3 is 14.8 Å². The third-order valence-corrected chi connectivity index (χ3v) is 5.32. The molecule has 2 aromatic carbocycles. The number of carbonyl (C=O) groups excluding carboxylic acids is 2. The first kappa shape index (κ1) is 21.6. The van der Waals surface area contributed by atoms with Crippen molar-refractivity contribution in [1.82, 2.24) is 19.8 Å². The van der Waals surface area contributed by atoms with Crippen molar-refractivity contribution in [1.29, 1.82) is 0 Å². The minimum Gasteiger partial charge on any atom is -0.352 e. The predicted molar refractivity (Wildman–Crippen MR) is 119 cm³/mol. The highest BCUT2D eigenvalue weighted by Crippen LogP contribution is 2.17. The average molecular weight is 407 g/mol. The summed E-state index contributed by atoms with van der Waals surface area (Å²) in [5, 5.41) is 2.97. The maximum absolute atomic E-state index is 12.7. The Morgan fingerprint density at radius 1 is 1.03 bits per heavy atom. The Hall–Kier alpha value is -3.15. The van der Waals surface area contributed by atoms with Crippen LogP contribution in [0.3, 0.4) is 0 Å². The molecule has 0 fully saturated rings. The summed E-state index contributed by atoms with van der Waals surface area (Å²) >= 11 is 0. The van der Waals surface area contributed by atoms with Crippen LogP contribution in [0.5, 0.6) is 0 Å². The second-order valence-corrected chi connectivity index (χ2v) is 7.39. The number of nitrogens with one attached hydrogen (secondary N) is 1. The Labute approximate surface area is 177 Å². The molecular formula is C24H30N4O2. The van der Waals surface area contributed by atoms with Gasteiger partial charge >= 0.3 is 0 Å². The number of aromatic nitrogens is 2. The quantitative estimate of drug-likeness (QED) is 0.553. The lowest BCUT2D eigenvalue weighted by Crippen LogP contribution is -2.33. The van der Waals surface area contributed by atoms with Crippen molar-refractivity contribution in [3.8, 4) is 0 Å². The van der Waals surface area contributed by atoms with Gasteiger partial charge in [0.05, 0.1) is 11.0 Å². The number of benzene rings is 2. The number of rotatable bonds is 9. The van der Waals surface area contributed by atoms with E-state index in [1.165, 1.54) is 0 Å². The molecule has 0 bridgehead atoms. The van der Waals surface area contributed by atoms with Crippen LogP contribution in [0.4, 0.5) is 0 Å². The zero-order valence-electron chi connectivity index (χ0n) is 18.0. The van der Waals surface area contributed by atoms with Crippen LogP contribution in [0.25, 0.3) is 11.0 Å². The van der Waals surface area contributed by atoms with Crippen molar-refractivity contribution in [2.45, 2.75) is 40.2 Å². The molecule has 0 radical (unpaired) electrons. The van der Waals surface area contributed by atoms with E-state index in [0.717, 1.165) is 28.8 Å². The monoisotopic (exact) mass is 406 g/mol. The normalized spacial score (nSPS) is 10.9. The Balaban J connectivity index is 1.65. The van der Waals surface area contributed by atoms with Crippen LogP contribution in [-0.4, -0.2) is 45.9 Å². The van der Waals surface area contributed by atoms with Crippen molar-refractivity contribution >= 4 is 22.8 Å². The van der Waals surface area contributed by atoms with Gasteiger partial charge in [0.2, 0.25) is 5.91 Å². The van der Waals surface area contributed by atoms with Crippen molar-refractivity contribution < 1.29 is 9.59 Å². The van der Waals surface area contributed by atoms with Gasteiger partial charge in [-0.3, -0.25) is 9.59 Å². The van der Waals surface area contributed by atoms with E-state index < -0.39 is 0 Å². The third kappa shape index (κ3) is 5.06. The Morgan fingerprint density at radius 3 is 2.43 bits per heavy atom. The van der Waals surface area contributed by atoms with E-state index in [4.69, 9.17) is 4.98 Å².